The zero-order valence-electron chi connectivity index (χ0n) is 7.27. The molecule has 0 fully saturated rings. The van der Waals surface area contributed by atoms with E-state index in [-0.39, 0.29) is 0 Å². The van der Waals surface area contributed by atoms with Gasteiger partial charge in [-0.3, -0.25) is 0 Å². The molecule has 0 unspecified atom stereocenters. The Kier molecular flexibility index (Phi) is 5.24. The van der Waals surface area contributed by atoms with Crippen LogP contribution in [-0.2, 0) is 0 Å². The fourth-order valence-corrected chi connectivity index (χ4v) is 1.96. The quantitative estimate of drug-likeness (QED) is 0.633. The molecule has 1 nitrogen and oxygen atoms in total. The van der Waals surface area contributed by atoms with Gasteiger partial charge in [-0.25, -0.2) is 0 Å². The van der Waals surface area contributed by atoms with Crippen LogP contribution in [-0.4, -0.2) is 12.4 Å². The highest BCUT2D eigenvalue weighted by molar-refractivity contribution is 7.80. The summed E-state index contributed by atoms with van der Waals surface area (Å²) in [6.45, 7) is 0.546. The number of ether oxygens (including phenoxy) is 1. The molecular formula is C9H9Cl3OS. The predicted octanol–water partition coefficient (Wildman–Crippen LogP) is 4.35. The summed E-state index contributed by atoms with van der Waals surface area (Å²) >= 11 is 21.6. The Morgan fingerprint density at radius 3 is 2.21 bits per heavy atom. The van der Waals surface area contributed by atoms with E-state index in [1.165, 1.54) is 0 Å². The maximum atomic E-state index is 5.90. The minimum Gasteiger partial charge on any atom is -0.490 e. The van der Waals surface area contributed by atoms with Crippen molar-refractivity contribution >= 4 is 47.4 Å². The van der Waals surface area contributed by atoms with Crippen LogP contribution in [0.4, 0.5) is 0 Å². The Bertz CT molecular complexity index is 294. The van der Waals surface area contributed by atoms with Crippen molar-refractivity contribution < 1.29 is 4.74 Å². The lowest BCUT2D eigenvalue weighted by atomic mass is 10.3. The third kappa shape index (κ3) is 3.43. The smallest absolute Gasteiger partial charge is 0.156 e. The van der Waals surface area contributed by atoms with Crippen molar-refractivity contribution in [3.63, 3.8) is 0 Å². The van der Waals surface area contributed by atoms with E-state index in [1.54, 1.807) is 12.1 Å². The second-order valence-corrected chi connectivity index (χ2v) is 4.32. The second-order valence-electron chi connectivity index (χ2n) is 2.62. The summed E-state index contributed by atoms with van der Waals surface area (Å²) in [7, 11) is 0. The lowest BCUT2D eigenvalue weighted by Gasteiger charge is -2.09. The van der Waals surface area contributed by atoms with Crippen LogP contribution in [0.3, 0.4) is 0 Å². The van der Waals surface area contributed by atoms with Crippen molar-refractivity contribution in [2.45, 2.75) is 6.42 Å². The lowest BCUT2D eigenvalue weighted by Crippen LogP contribution is -1.98. The van der Waals surface area contributed by atoms with Crippen molar-refractivity contribution in [3.05, 3.63) is 27.2 Å². The molecule has 0 aliphatic carbocycles. The van der Waals surface area contributed by atoms with Crippen molar-refractivity contribution in [2.24, 2.45) is 0 Å². The highest BCUT2D eigenvalue weighted by Gasteiger charge is 2.08. The van der Waals surface area contributed by atoms with Gasteiger partial charge in [-0.2, -0.15) is 12.6 Å². The molecule has 78 valence electrons. The average Bonchev–Trinajstić information content (AvgIpc) is 2.09. The van der Waals surface area contributed by atoms with E-state index in [1.807, 2.05) is 0 Å². The molecule has 0 atom stereocenters. The Balaban J connectivity index is 2.75. The summed E-state index contributed by atoms with van der Waals surface area (Å²) < 4.78 is 5.39. The van der Waals surface area contributed by atoms with Crippen LogP contribution in [0, 0.1) is 0 Å². The number of rotatable bonds is 4. The van der Waals surface area contributed by atoms with Gasteiger partial charge >= 0.3 is 0 Å². The van der Waals surface area contributed by atoms with E-state index in [0.717, 1.165) is 12.2 Å². The maximum absolute atomic E-state index is 5.90. The van der Waals surface area contributed by atoms with Crippen LogP contribution >= 0.6 is 47.4 Å². The van der Waals surface area contributed by atoms with E-state index < -0.39 is 0 Å². The molecule has 0 N–H and O–H groups in total. The van der Waals surface area contributed by atoms with E-state index in [0.29, 0.717) is 27.4 Å². The van der Waals surface area contributed by atoms with Crippen LogP contribution in [0.25, 0.3) is 0 Å². The second kappa shape index (κ2) is 5.96. The maximum Gasteiger partial charge on any atom is 0.156 e. The van der Waals surface area contributed by atoms with E-state index in [9.17, 15) is 0 Å². The number of hydrogen-bond acceptors (Lipinski definition) is 2. The topological polar surface area (TPSA) is 9.23 Å². The highest BCUT2D eigenvalue weighted by Crippen LogP contribution is 2.35. The minimum absolute atomic E-state index is 0.432. The van der Waals surface area contributed by atoms with E-state index in [4.69, 9.17) is 39.5 Å². The molecule has 0 saturated carbocycles. The Labute approximate surface area is 104 Å². The number of hydrogen-bond donors (Lipinski definition) is 1. The summed E-state index contributed by atoms with van der Waals surface area (Å²) in [6, 6.07) is 3.20. The molecule has 0 radical (unpaired) electrons. The van der Waals surface area contributed by atoms with Crippen molar-refractivity contribution in [2.75, 3.05) is 12.4 Å². The molecule has 1 rings (SSSR count). The molecule has 0 aliphatic heterocycles. The van der Waals surface area contributed by atoms with E-state index in [2.05, 4.69) is 12.6 Å². The molecule has 1 aromatic carbocycles. The fraction of sp³-hybridized carbons (Fsp3) is 0.333. The first-order valence-electron chi connectivity index (χ1n) is 4.03. The van der Waals surface area contributed by atoms with E-state index >= 15 is 0 Å². The number of thiol groups is 1. The molecule has 5 heteroatoms. The van der Waals surface area contributed by atoms with Gasteiger partial charge < -0.3 is 4.74 Å². The molecule has 0 bridgehead atoms. The Morgan fingerprint density at radius 1 is 1.14 bits per heavy atom. The molecule has 1 aromatic rings. The van der Waals surface area contributed by atoms with Gasteiger partial charge in [0.05, 0.1) is 16.7 Å². The average molecular weight is 272 g/mol. The third-order valence-electron chi connectivity index (χ3n) is 1.51. The Hall–Kier alpha value is 0.240. The first-order chi connectivity index (χ1) is 6.65. The van der Waals surface area contributed by atoms with Crippen LogP contribution in [0.15, 0.2) is 12.1 Å². The van der Waals surface area contributed by atoms with Gasteiger partial charge in [-0.15, -0.1) is 0 Å². The fourth-order valence-electron chi connectivity index (χ4n) is 0.906. The first kappa shape index (κ1) is 12.3. The van der Waals surface area contributed by atoms with Gasteiger partial charge in [-0.1, -0.05) is 34.8 Å². The standard InChI is InChI=1S/C9H9Cl3OS/c10-6-4-7(11)9(8(12)5-6)13-2-1-3-14/h4-5,14H,1-3H2. The SMILES string of the molecule is SCCCOc1c(Cl)cc(Cl)cc1Cl. The molecule has 0 aromatic heterocycles. The van der Waals surface area contributed by atoms with Crippen molar-refractivity contribution in [1.29, 1.82) is 0 Å². The van der Waals surface area contributed by atoms with Gasteiger partial charge in [0.25, 0.3) is 0 Å². The van der Waals surface area contributed by atoms with Crippen LogP contribution < -0.4 is 4.74 Å². The molecule has 0 amide bonds. The summed E-state index contributed by atoms with van der Waals surface area (Å²) in [5.41, 5.74) is 0. The molecule has 0 saturated heterocycles. The van der Waals surface area contributed by atoms with Crippen molar-refractivity contribution in [1.82, 2.24) is 0 Å². The first-order valence-corrected chi connectivity index (χ1v) is 5.80. The highest BCUT2D eigenvalue weighted by atomic mass is 35.5. The van der Waals surface area contributed by atoms with Crippen LogP contribution in [0.1, 0.15) is 6.42 Å². The third-order valence-corrected chi connectivity index (χ3v) is 2.61. The predicted molar refractivity (Wildman–Crippen MR) is 65.4 cm³/mol. The Morgan fingerprint density at radius 2 is 1.71 bits per heavy atom. The summed E-state index contributed by atoms with van der Waals surface area (Å²) in [5.74, 6) is 1.25. The zero-order chi connectivity index (χ0) is 10.6. The summed E-state index contributed by atoms with van der Waals surface area (Å²) in [4.78, 5) is 0. The van der Waals surface area contributed by atoms with Gasteiger partial charge in [0.15, 0.2) is 5.75 Å². The zero-order valence-corrected chi connectivity index (χ0v) is 10.4. The lowest BCUT2D eigenvalue weighted by molar-refractivity contribution is 0.319. The summed E-state index contributed by atoms with van der Waals surface area (Å²) in [6.07, 6.45) is 0.846. The van der Waals surface area contributed by atoms with Gasteiger partial charge in [0.2, 0.25) is 0 Å². The largest absolute Gasteiger partial charge is 0.490 e. The van der Waals surface area contributed by atoms with Crippen LogP contribution in [0.5, 0.6) is 5.75 Å². The molecular weight excluding hydrogens is 263 g/mol. The summed E-state index contributed by atoms with van der Waals surface area (Å²) in [5, 5.41) is 1.37. The normalized spacial score (nSPS) is 10.3. The number of benzene rings is 1. The van der Waals surface area contributed by atoms with Gasteiger partial charge in [-0.05, 0) is 24.3 Å². The van der Waals surface area contributed by atoms with Gasteiger partial charge in [0.1, 0.15) is 0 Å². The number of halogens is 3. The van der Waals surface area contributed by atoms with Crippen molar-refractivity contribution in [3.8, 4) is 5.75 Å². The van der Waals surface area contributed by atoms with Crippen LogP contribution in [0.2, 0.25) is 15.1 Å². The molecule has 14 heavy (non-hydrogen) atoms. The molecule has 0 aliphatic rings. The monoisotopic (exact) mass is 270 g/mol. The minimum atomic E-state index is 0.432. The van der Waals surface area contributed by atoms with Gasteiger partial charge in [0, 0.05) is 5.02 Å². The molecule has 0 spiro atoms. The molecule has 0 heterocycles.